The molecule has 0 saturated carbocycles. The Labute approximate surface area is 123 Å². The molecular formula is C16H30N2O2. The lowest BCUT2D eigenvalue weighted by Gasteiger charge is -2.51. The van der Waals surface area contributed by atoms with Crippen molar-refractivity contribution in [2.24, 2.45) is 0 Å². The highest BCUT2D eigenvalue weighted by Crippen LogP contribution is 2.38. The molecule has 0 atom stereocenters. The summed E-state index contributed by atoms with van der Waals surface area (Å²) in [7, 11) is 0. The topological polar surface area (TPSA) is 24.9 Å². The van der Waals surface area contributed by atoms with Gasteiger partial charge < -0.3 is 9.64 Å². The maximum atomic E-state index is 6.04. The molecule has 2 aliphatic rings. The average Bonchev–Trinajstić information content (AvgIpc) is 2.37. The highest BCUT2D eigenvalue weighted by molar-refractivity contribution is 5.19. The Bertz CT molecular complexity index is 357. The van der Waals surface area contributed by atoms with Gasteiger partial charge in [-0.05, 0) is 40.2 Å². The smallest absolute Gasteiger partial charge is 0.0683 e. The van der Waals surface area contributed by atoms with Crippen LogP contribution < -0.4 is 0 Å². The second kappa shape index (κ2) is 6.04. The molecule has 0 aromatic heterocycles. The van der Waals surface area contributed by atoms with Gasteiger partial charge in [0.15, 0.2) is 0 Å². The van der Waals surface area contributed by atoms with Gasteiger partial charge in [-0.1, -0.05) is 6.92 Å². The molecule has 116 valence electrons. The third-order valence-electron chi connectivity index (χ3n) is 4.05. The summed E-state index contributed by atoms with van der Waals surface area (Å²) < 4.78 is 5.46. The summed E-state index contributed by atoms with van der Waals surface area (Å²) in [6, 6.07) is 0. The fraction of sp³-hybridized carbons (Fsp3) is 0.875. The molecule has 0 amide bonds. The molecule has 2 heterocycles. The average molecular weight is 282 g/mol. The first-order valence-electron chi connectivity index (χ1n) is 7.84. The van der Waals surface area contributed by atoms with Gasteiger partial charge in [-0.3, -0.25) is 4.84 Å². The van der Waals surface area contributed by atoms with Crippen molar-refractivity contribution in [1.82, 2.24) is 9.96 Å². The number of rotatable bonds is 4. The lowest BCUT2D eigenvalue weighted by Crippen LogP contribution is -2.58. The molecule has 4 nitrogen and oxygen atoms in total. The highest BCUT2D eigenvalue weighted by Gasteiger charge is 2.43. The lowest BCUT2D eigenvalue weighted by molar-refractivity contribution is -0.259. The SMILES string of the molecule is CCCON1C(C)(C)C=C(N2CCOCC2)CC1(C)C. The van der Waals surface area contributed by atoms with Crippen molar-refractivity contribution >= 4 is 0 Å². The molecule has 2 rings (SSSR count). The zero-order chi connectivity index (χ0) is 14.8. The van der Waals surface area contributed by atoms with Gasteiger partial charge in [0, 0.05) is 30.7 Å². The summed E-state index contributed by atoms with van der Waals surface area (Å²) in [6.45, 7) is 15.7. The number of nitrogens with zero attached hydrogens (tertiary/aromatic N) is 2. The minimum atomic E-state index is -0.0788. The largest absolute Gasteiger partial charge is 0.378 e. The van der Waals surface area contributed by atoms with Crippen molar-refractivity contribution < 1.29 is 9.57 Å². The normalized spacial score (nSPS) is 26.4. The van der Waals surface area contributed by atoms with Gasteiger partial charge in [0.05, 0.1) is 25.4 Å². The van der Waals surface area contributed by atoms with E-state index in [2.05, 4.69) is 50.7 Å². The Morgan fingerprint density at radius 2 is 1.85 bits per heavy atom. The predicted octanol–water partition coefficient (Wildman–Crippen LogP) is 2.81. The molecular weight excluding hydrogens is 252 g/mol. The minimum absolute atomic E-state index is 0.0149. The lowest BCUT2D eigenvalue weighted by atomic mass is 9.85. The van der Waals surface area contributed by atoms with Crippen LogP contribution in [0.1, 0.15) is 47.5 Å². The van der Waals surface area contributed by atoms with Crippen LogP contribution in [0.3, 0.4) is 0 Å². The predicted molar refractivity (Wildman–Crippen MR) is 81.3 cm³/mol. The van der Waals surface area contributed by atoms with Gasteiger partial charge in [0.1, 0.15) is 0 Å². The van der Waals surface area contributed by atoms with E-state index in [4.69, 9.17) is 9.57 Å². The van der Waals surface area contributed by atoms with E-state index in [1.807, 2.05) is 0 Å². The fourth-order valence-electron chi connectivity index (χ4n) is 3.39. The molecule has 0 aliphatic carbocycles. The molecule has 0 spiro atoms. The van der Waals surface area contributed by atoms with Crippen LogP contribution in [0.15, 0.2) is 11.8 Å². The molecule has 0 N–H and O–H groups in total. The fourth-order valence-corrected chi connectivity index (χ4v) is 3.39. The highest BCUT2D eigenvalue weighted by atomic mass is 16.7. The van der Waals surface area contributed by atoms with Crippen LogP contribution in [-0.4, -0.2) is 54.0 Å². The van der Waals surface area contributed by atoms with Crippen LogP contribution in [0.5, 0.6) is 0 Å². The van der Waals surface area contributed by atoms with Crippen LogP contribution >= 0.6 is 0 Å². The molecule has 20 heavy (non-hydrogen) atoms. The van der Waals surface area contributed by atoms with E-state index in [-0.39, 0.29) is 11.1 Å². The summed E-state index contributed by atoms with van der Waals surface area (Å²) in [4.78, 5) is 8.52. The first-order chi connectivity index (χ1) is 9.37. The quantitative estimate of drug-likeness (QED) is 0.791. The van der Waals surface area contributed by atoms with Gasteiger partial charge in [-0.15, -0.1) is 0 Å². The Morgan fingerprint density at radius 3 is 2.40 bits per heavy atom. The van der Waals surface area contributed by atoms with E-state index in [1.165, 1.54) is 5.70 Å². The van der Waals surface area contributed by atoms with Crippen LogP contribution in [0.2, 0.25) is 0 Å². The van der Waals surface area contributed by atoms with Crippen LogP contribution in [-0.2, 0) is 9.57 Å². The molecule has 2 aliphatic heterocycles. The molecule has 0 radical (unpaired) electrons. The third kappa shape index (κ3) is 3.35. The first kappa shape index (κ1) is 15.8. The third-order valence-corrected chi connectivity index (χ3v) is 4.05. The van der Waals surface area contributed by atoms with Crippen molar-refractivity contribution in [3.63, 3.8) is 0 Å². The summed E-state index contributed by atoms with van der Waals surface area (Å²) >= 11 is 0. The van der Waals surface area contributed by atoms with Crippen molar-refractivity contribution in [3.05, 3.63) is 11.8 Å². The second-order valence-corrected chi connectivity index (χ2v) is 7.01. The maximum Gasteiger partial charge on any atom is 0.0683 e. The summed E-state index contributed by atoms with van der Waals surface area (Å²) in [5.74, 6) is 0. The van der Waals surface area contributed by atoms with Gasteiger partial charge in [-0.25, -0.2) is 0 Å². The monoisotopic (exact) mass is 282 g/mol. The minimum Gasteiger partial charge on any atom is -0.378 e. The number of morpholine rings is 1. The molecule has 0 aromatic rings. The van der Waals surface area contributed by atoms with Crippen LogP contribution in [0.4, 0.5) is 0 Å². The van der Waals surface area contributed by atoms with E-state index < -0.39 is 0 Å². The number of hydrogen-bond donors (Lipinski definition) is 0. The summed E-state index contributed by atoms with van der Waals surface area (Å²) in [5.41, 5.74) is 1.38. The molecule has 0 bridgehead atoms. The van der Waals surface area contributed by atoms with Gasteiger partial charge in [0.25, 0.3) is 0 Å². The van der Waals surface area contributed by atoms with Crippen molar-refractivity contribution in [3.8, 4) is 0 Å². The van der Waals surface area contributed by atoms with E-state index in [0.717, 1.165) is 45.8 Å². The van der Waals surface area contributed by atoms with Gasteiger partial charge in [-0.2, -0.15) is 5.06 Å². The summed E-state index contributed by atoms with van der Waals surface area (Å²) in [6.07, 6.45) is 4.45. The van der Waals surface area contributed by atoms with E-state index in [1.54, 1.807) is 0 Å². The van der Waals surface area contributed by atoms with E-state index >= 15 is 0 Å². The Balaban J connectivity index is 2.18. The molecule has 0 aromatic carbocycles. The molecule has 4 heteroatoms. The van der Waals surface area contributed by atoms with Crippen LogP contribution in [0.25, 0.3) is 0 Å². The zero-order valence-electron chi connectivity index (χ0n) is 13.7. The van der Waals surface area contributed by atoms with Crippen LogP contribution in [0, 0.1) is 0 Å². The Morgan fingerprint density at radius 1 is 1.20 bits per heavy atom. The van der Waals surface area contributed by atoms with Crippen molar-refractivity contribution in [2.45, 2.75) is 58.5 Å². The number of hydroxylamine groups is 2. The zero-order valence-corrected chi connectivity index (χ0v) is 13.7. The van der Waals surface area contributed by atoms with Crippen molar-refractivity contribution in [1.29, 1.82) is 0 Å². The number of ether oxygens (including phenoxy) is 1. The molecule has 1 saturated heterocycles. The van der Waals surface area contributed by atoms with Gasteiger partial charge >= 0.3 is 0 Å². The van der Waals surface area contributed by atoms with E-state index in [9.17, 15) is 0 Å². The van der Waals surface area contributed by atoms with E-state index in [0.29, 0.717) is 0 Å². The standard InChI is InChI=1S/C16H30N2O2/c1-6-9-20-18-15(2,3)12-14(13-16(18,4)5)17-7-10-19-11-8-17/h12H,6-11,13H2,1-5H3. The molecule has 0 unspecified atom stereocenters. The number of hydrogen-bond acceptors (Lipinski definition) is 4. The molecule has 1 fully saturated rings. The van der Waals surface area contributed by atoms with Crippen molar-refractivity contribution in [2.75, 3.05) is 32.9 Å². The maximum absolute atomic E-state index is 6.04. The van der Waals surface area contributed by atoms with Gasteiger partial charge in [0.2, 0.25) is 0 Å². The Hall–Kier alpha value is -0.580. The Kier molecular flexibility index (Phi) is 4.77. The summed E-state index contributed by atoms with van der Waals surface area (Å²) in [5, 5.41) is 2.19. The first-order valence-corrected chi connectivity index (χ1v) is 7.84. The second-order valence-electron chi connectivity index (χ2n) is 7.01.